The maximum absolute atomic E-state index is 6.73. The monoisotopic (exact) mass is 98.1 g/mol. The Hall–Kier alpha value is -1.04. The van der Waals surface area contributed by atoms with Crippen LogP contribution in [-0.2, 0) is 0 Å². The third-order valence-corrected chi connectivity index (χ3v) is 0.335. The van der Waals surface area contributed by atoms with Crippen molar-refractivity contribution in [1.82, 2.24) is 5.32 Å². The Morgan fingerprint density at radius 3 is 2.57 bits per heavy atom. The standard InChI is InChI=1S/C4H7N3/c1-4(5)7-3-6-2/h5H,1-2H3/p+1. The van der Waals surface area contributed by atoms with Gasteiger partial charge >= 0.3 is 5.84 Å². The average molecular weight is 98.1 g/mol. The molecule has 0 aromatic rings. The summed E-state index contributed by atoms with van der Waals surface area (Å²) in [6.45, 7) is 1.59. The maximum atomic E-state index is 6.73. The van der Waals surface area contributed by atoms with Gasteiger partial charge in [0.15, 0.2) is 0 Å². The van der Waals surface area contributed by atoms with Crippen LogP contribution in [0.2, 0.25) is 0 Å². The van der Waals surface area contributed by atoms with Crippen LogP contribution in [-0.4, -0.2) is 12.9 Å². The summed E-state index contributed by atoms with van der Waals surface area (Å²) in [6.07, 6.45) is 2.40. The Morgan fingerprint density at radius 2 is 2.43 bits per heavy atom. The topological polar surface area (TPSA) is 40.2 Å². The molecular formula is C4H8N3+. The molecule has 0 saturated heterocycles. The Balaban J connectivity index is 3.45. The SMILES string of the molecule is CNC#[N+]C(C)=N. The largest absolute Gasteiger partial charge is 0.324 e. The number of hydrogen-bond acceptors (Lipinski definition) is 2. The van der Waals surface area contributed by atoms with E-state index in [9.17, 15) is 0 Å². The van der Waals surface area contributed by atoms with E-state index in [2.05, 4.69) is 16.4 Å². The number of rotatable bonds is 0. The van der Waals surface area contributed by atoms with E-state index >= 15 is 0 Å². The van der Waals surface area contributed by atoms with Crippen molar-refractivity contribution in [2.45, 2.75) is 6.92 Å². The van der Waals surface area contributed by atoms with Crippen molar-refractivity contribution < 1.29 is 0 Å². The molecule has 3 heteroatoms. The third kappa shape index (κ3) is 4.96. The molecule has 2 N–H and O–H groups in total. The Kier molecular flexibility index (Phi) is 2.69. The summed E-state index contributed by atoms with van der Waals surface area (Å²) in [4.78, 5) is 3.47. The lowest BCUT2D eigenvalue weighted by Crippen LogP contribution is -1.91. The smallest absolute Gasteiger partial charge is 0.259 e. The molecule has 0 atom stereocenters. The van der Waals surface area contributed by atoms with Crippen molar-refractivity contribution in [3.05, 3.63) is 4.85 Å². The molecule has 0 rings (SSSR count). The molecule has 0 saturated carbocycles. The van der Waals surface area contributed by atoms with Crippen LogP contribution in [0, 0.1) is 11.6 Å². The summed E-state index contributed by atoms with van der Waals surface area (Å²) in [5.41, 5.74) is 0. The van der Waals surface area contributed by atoms with Gasteiger partial charge < -0.3 is 0 Å². The summed E-state index contributed by atoms with van der Waals surface area (Å²) < 4.78 is 0. The highest BCUT2D eigenvalue weighted by Crippen LogP contribution is 1.65. The molecule has 0 aliphatic heterocycles. The summed E-state index contributed by atoms with van der Waals surface area (Å²) in [6, 6.07) is 0. The molecule has 0 amide bonds. The highest BCUT2D eigenvalue weighted by Gasteiger charge is 1.79. The number of amidine groups is 1. The molecule has 3 nitrogen and oxygen atoms in total. The Labute approximate surface area is 42.7 Å². The van der Waals surface area contributed by atoms with Gasteiger partial charge in [0.05, 0.1) is 7.05 Å². The van der Waals surface area contributed by atoms with Crippen molar-refractivity contribution in [3.8, 4) is 6.19 Å². The molecule has 0 aromatic heterocycles. The zero-order valence-corrected chi connectivity index (χ0v) is 4.45. The molecule has 0 aliphatic rings. The predicted octanol–water partition coefficient (Wildman–Crippen LogP) is 0.493. The van der Waals surface area contributed by atoms with E-state index in [1.807, 2.05) is 0 Å². The predicted molar refractivity (Wildman–Crippen MR) is 29.7 cm³/mol. The number of nitrogens with one attached hydrogen (secondary N) is 2. The van der Waals surface area contributed by atoms with Gasteiger partial charge in [0.1, 0.15) is 0 Å². The zero-order chi connectivity index (χ0) is 5.70. The highest BCUT2D eigenvalue weighted by molar-refractivity contribution is 5.86. The lowest BCUT2D eigenvalue weighted by Gasteiger charge is -1.64. The van der Waals surface area contributed by atoms with E-state index in [-0.39, 0.29) is 5.84 Å². The molecule has 0 bridgehead atoms. The molecule has 0 heterocycles. The second-order valence-electron chi connectivity index (χ2n) is 1.06. The van der Waals surface area contributed by atoms with Gasteiger partial charge in [-0.05, 0) is 0 Å². The minimum Gasteiger partial charge on any atom is -0.259 e. The van der Waals surface area contributed by atoms with E-state index in [1.165, 1.54) is 0 Å². The second kappa shape index (κ2) is 3.16. The van der Waals surface area contributed by atoms with E-state index < -0.39 is 0 Å². The average Bonchev–Trinajstić information content (AvgIpc) is 1.61. The fourth-order valence-corrected chi connectivity index (χ4v) is 0.140. The van der Waals surface area contributed by atoms with Crippen LogP contribution in [0.1, 0.15) is 6.92 Å². The van der Waals surface area contributed by atoms with Gasteiger partial charge in [-0.1, -0.05) is 0 Å². The first-order chi connectivity index (χ1) is 3.27. The molecule has 0 radical (unpaired) electrons. The van der Waals surface area contributed by atoms with Crippen LogP contribution >= 0.6 is 0 Å². The molecule has 0 unspecified atom stereocenters. The molecule has 38 valence electrons. The summed E-state index contributed by atoms with van der Waals surface area (Å²) in [5.74, 6) is 0.259. The minimum atomic E-state index is 0.259. The van der Waals surface area contributed by atoms with Gasteiger partial charge in [-0.15, -0.1) is 5.41 Å². The summed E-state index contributed by atoms with van der Waals surface area (Å²) in [7, 11) is 1.69. The van der Waals surface area contributed by atoms with E-state index in [4.69, 9.17) is 5.41 Å². The van der Waals surface area contributed by atoms with Crippen LogP contribution in [0.15, 0.2) is 0 Å². The zero-order valence-electron chi connectivity index (χ0n) is 4.45. The van der Waals surface area contributed by atoms with Crippen LogP contribution < -0.4 is 5.32 Å². The number of nitrogens with zero attached hydrogens (tertiary/aromatic N) is 1. The quantitative estimate of drug-likeness (QED) is 0.197. The molecule has 7 heavy (non-hydrogen) atoms. The summed E-state index contributed by atoms with van der Waals surface area (Å²) in [5, 5.41) is 9.27. The third-order valence-electron chi connectivity index (χ3n) is 0.335. The first kappa shape index (κ1) is 5.96. The van der Waals surface area contributed by atoms with Crippen LogP contribution in [0.25, 0.3) is 4.85 Å². The van der Waals surface area contributed by atoms with Crippen molar-refractivity contribution in [3.63, 3.8) is 0 Å². The first-order valence-electron chi connectivity index (χ1n) is 1.95. The van der Waals surface area contributed by atoms with Gasteiger partial charge in [-0.3, -0.25) is 5.32 Å². The van der Waals surface area contributed by atoms with E-state index in [0.29, 0.717) is 0 Å². The fourth-order valence-electron chi connectivity index (χ4n) is 0.140. The maximum Gasteiger partial charge on any atom is 0.324 e. The van der Waals surface area contributed by atoms with Crippen molar-refractivity contribution in [2.24, 2.45) is 0 Å². The lowest BCUT2D eigenvalue weighted by atomic mass is 10.7. The Morgan fingerprint density at radius 1 is 1.86 bits per heavy atom. The Bertz CT molecular complexity index is 117. The molecule has 0 aliphatic carbocycles. The van der Waals surface area contributed by atoms with Crippen LogP contribution in [0.3, 0.4) is 0 Å². The van der Waals surface area contributed by atoms with Gasteiger partial charge in [0.2, 0.25) is 0 Å². The van der Waals surface area contributed by atoms with Gasteiger partial charge in [0.25, 0.3) is 6.19 Å². The van der Waals surface area contributed by atoms with Gasteiger partial charge in [-0.2, -0.15) is 4.85 Å². The van der Waals surface area contributed by atoms with E-state index in [1.54, 1.807) is 14.0 Å². The summed E-state index contributed by atoms with van der Waals surface area (Å²) >= 11 is 0. The van der Waals surface area contributed by atoms with Crippen LogP contribution in [0.4, 0.5) is 0 Å². The van der Waals surface area contributed by atoms with E-state index in [0.717, 1.165) is 0 Å². The number of hydrogen-bond donors (Lipinski definition) is 2. The molecular weight excluding hydrogens is 90.1 g/mol. The second-order valence-corrected chi connectivity index (χ2v) is 1.06. The fraction of sp³-hybridized carbons (Fsp3) is 0.500. The minimum absolute atomic E-state index is 0.259. The van der Waals surface area contributed by atoms with Gasteiger partial charge in [-0.25, -0.2) is 0 Å². The molecule has 0 fully saturated rings. The lowest BCUT2D eigenvalue weighted by molar-refractivity contribution is 1.15. The normalized spacial score (nSPS) is 6.00. The highest BCUT2D eigenvalue weighted by atomic mass is 14.9. The van der Waals surface area contributed by atoms with Crippen LogP contribution in [0.5, 0.6) is 0 Å². The van der Waals surface area contributed by atoms with Crippen molar-refractivity contribution in [2.75, 3.05) is 7.05 Å². The van der Waals surface area contributed by atoms with Gasteiger partial charge in [0, 0.05) is 6.92 Å². The molecule has 0 spiro atoms. The molecule has 0 aromatic carbocycles. The van der Waals surface area contributed by atoms with Crippen molar-refractivity contribution in [1.29, 1.82) is 5.41 Å². The van der Waals surface area contributed by atoms with Crippen molar-refractivity contribution >= 4 is 5.84 Å². The first-order valence-corrected chi connectivity index (χ1v) is 1.95.